The number of para-hydroxylation sites is 1. The van der Waals surface area contributed by atoms with Crippen molar-refractivity contribution < 1.29 is 4.79 Å². The first-order valence-electron chi connectivity index (χ1n) is 7.54. The summed E-state index contributed by atoms with van der Waals surface area (Å²) >= 11 is 9.01. The molecule has 25 heavy (non-hydrogen) atoms. The summed E-state index contributed by atoms with van der Waals surface area (Å²) in [4.78, 5) is 17.2. The molecule has 0 unspecified atom stereocenters. The Morgan fingerprint density at radius 1 is 1.24 bits per heavy atom. The van der Waals surface area contributed by atoms with Gasteiger partial charge < -0.3 is 11.1 Å². The number of nitrogens with one attached hydrogen (secondary N) is 1. The van der Waals surface area contributed by atoms with Gasteiger partial charge in [0.2, 0.25) is 0 Å². The van der Waals surface area contributed by atoms with Crippen molar-refractivity contribution in [2.24, 2.45) is 0 Å². The predicted octanol–water partition coefficient (Wildman–Crippen LogP) is 5.23. The minimum absolute atomic E-state index is 0.239. The summed E-state index contributed by atoms with van der Waals surface area (Å²) in [5, 5.41) is 3.33. The molecular weight excluding hydrogens is 374 g/mol. The van der Waals surface area contributed by atoms with Crippen LogP contribution in [0, 0.1) is 6.92 Å². The monoisotopic (exact) mass is 389 g/mol. The smallest absolute Gasteiger partial charge is 0.269 e. The van der Waals surface area contributed by atoms with Crippen LogP contribution in [0.5, 0.6) is 0 Å². The van der Waals surface area contributed by atoms with E-state index in [1.165, 1.54) is 16.9 Å². The van der Waals surface area contributed by atoms with Crippen molar-refractivity contribution in [2.75, 3.05) is 11.1 Å². The Balaban J connectivity index is 1.72. The summed E-state index contributed by atoms with van der Waals surface area (Å²) in [6.07, 6.45) is 0. The number of rotatable bonds is 5. The predicted molar refractivity (Wildman–Crippen MR) is 107 cm³/mol. The topological polar surface area (TPSA) is 68.0 Å². The fraction of sp³-hybridized carbons (Fsp3) is 0.111. The number of hydrogen-bond acceptors (Lipinski definition) is 5. The van der Waals surface area contributed by atoms with E-state index < -0.39 is 0 Å². The Bertz CT molecular complexity index is 876. The van der Waals surface area contributed by atoms with Gasteiger partial charge in [0.25, 0.3) is 5.91 Å². The second kappa shape index (κ2) is 7.91. The SMILES string of the molecule is Cc1cccc(Cl)c1NC(=O)c1sc(SCc2ccccc2)nc1N. The fourth-order valence-corrected chi connectivity index (χ4v) is 4.41. The van der Waals surface area contributed by atoms with Crippen LogP contribution in [-0.2, 0) is 5.75 Å². The number of anilines is 2. The number of carbonyl (C=O) groups excluding carboxylic acids is 1. The van der Waals surface area contributed by atoms with Crippen LogP contribution >= 0.6 is 34.7 Å². The number of amides is 1. The van der Waals surface area contributed by atoms with Gasteiger partial charge >= 0.3 is 0 Å². The molecule has 0 saturated carbocycles. The molecule has 0 aliphatic rings. The highest BCUT2D eigenvalue weighted by Gasteiger charge is 2.18. The van der Waals surface area contributed by atoms with Gasteiger partial charge in [0, 0.05) is 5.75 Å². The van der Waals surface area contributed by atoms with Crippen molar-refractivity contribution in [1.29, 1.82) is 0 Å². The van der Waals surface area contributed by atoms with Gasteiger partial charge in [-0.1, -0.05) is 65.8 Å². The van der Waals surface area contributed by atoms with Crippen molar-refractivity contribution >= 4 is 52.1 Å². The Labute approximate surface area is 159 Å². The Morgan fingerprint density at radius 2 is 2.00 bits per heavy atom. The largest absolute Gasteiger partial charge is 0.382 e. The van der Waals surface area contributed by atoms with Crippen LogP contribution in [0.15, 0.2) is 52.9 Å². The van der Waals surface area contributed by atoms with Gasteiger partial charge in [-0.15, -0.1) is 11.3 Å². The molecular formula is C18H16ClN3OS2. The molecule has 128 valence electrons. The summed E-state index contributed by atoms with van der Waals surface area (Å²) in [5.74, 6) is 0.721. The van der Waals surface area contributed by atoms with Crippen molar-refractivity contribution in [2.45, 2.75) is 17.0 Å². The van der Waals surface area contributed by atoms with Gasteiger partial charge in [-0.3, -0.25) is 4.79 Å². The zero-order valence-corrected chi connectivity index (χ0v) is 15.8. The highest BCUT2D eigenvalue weighted by atomic mass is 35.5. The number of thiazole rings is 1. The molecule has 1 heterocycles. The summed E-state index contributed by atoms with van der Waals surface area (Å²) < 4.78 is 0.766. The van der Waals surface area contributed by atoms with E-state index in [9.17, 15) is 4.79 Å². The third-order valence-corrected chi connectivity index (χ3v) is 6.10. The molecule has 0 atom stereocenters. The zero-order valence-electron chi connectivity index (χ0n) is 13.5. The van der Waals surface area contributed by atoms with Crippen molar-refractivity contribution in [1.82, 2.24) is 4.98 Å². The minimum atomic E-state index is -0.294. The highest BCUT2D eigenvalue weighted by molar-refractivity contribution is 8.00. The lowest BCUT2D eigenvalue weighted by Gasteiger charge is -2.09. The van der Waals surface area contributed by atoms with Gasteiger partial charge in [-0.2, -0.15) is 0 Å². The van der Waals surface area contributed by atoms with E-state index in [2.05, 4.69) is 22.4 Å². The number of nitrogen functional groups attached to an aromatic ring is 1. The number of halogens is 1. The standard InChI is InChI=1S/C18H16ClN3OS2/c1-11-6-5-9-13(19)14(11)21-17(23)15-16(20)22-18(25-15)24-10-12-7-3-2-4-8-12/h2-9H,10,20H2,1H3,(H,21,23). The molecule has 3 aromatic rings. The Hall–Kier alpha value is -2.02. The number of thioether (sulfide) groups is 1. The first-order valence-corrected chi connectivity index (χ1v) is 9.72. The quantitative estimate of drug-likeness (QED) is 0.586. The summed E-state index contributed by atoms with van der Waals surface area (Å²) in [6, 6.07) is 15.5. The van der Waals surface area contributed by atoms with E-state index >= 15 is 0 Å². The average molecular weight is 390 g/mol. The van der Waals surface area contributed by atoms with Crippen LogP contribution in [0.1, 0.15) is 20.8 Å². The lowest BCUT2D eigenvalue weighted by Crippen LogP contribution is -2.13. The molecule has 1 aromatic heterocycles. The van der Waals surface area contributed by atoms with E-state index in [0.717, 1.165) is 15.7 Å². The third kappa shape index (κ3) is 4.34. The molecule has 4 nitrogen and oxygen atoms in total. The normalized spacial score (nSPS) is 10.6. The molecule has 0 radical (unpaired) electrons. The van der Waals surface area contributed by atoms with Crippen LogP contribution in [0.2, 0.25) is 5.02 Å². The maximum atomic E-state index is 12.5. The maximum absolute atomic E-state index is 12.5. The summed E-state index contributed by atoms with van der Waals surface area (Å²) in [7, 11) is 0. The number of nitrogens with two attached hydrogens (primary N) is 1. The summed E-state index contributed by atoms with van der Waals surface area (Å²) in [6.45, 7) is 1.89. The van der Waals surface area contributed by atoms with Gasteiger partial charge in [0.05, 0.1) is 10.7 Å². The van der Waals surface area contributed by atoms with Gasteiger partial charge in [-0.05, 0) is 24.1 Å². The Kier molecular flexibility index (Phi) is 5.63. The molecule has 3 rings (SSSR count). The van der Waals surface area contributed by atoms with Gasteiger partial charge in [0.15, 0.2) is 4.34 Å². The third-order valence-electron chi connectivity index (χ3n) is 3.51. The fourth-order valence-electron chi connectivity index (χ4n) is 2.22. The minimum Gasteiger partial charge on any atom is -0.382 e. The molecule has 1 amide bonds. The molecule has 3 N–H and O–H groups in total. The van der Waals surface area contributed by atoms with E-state index in [-0.39, 0.29) is 11.7 Å². The molecule has 2 aromatic carbocycles. The first kappa shape index (κ1) is 17.8. The van der Waals surface area contributed by atoms with E-state index in [1.54, 1.807) is 17.8 Å². The van der Waals surface area contributed by atoms with E-state index in [4.69, 9.17) is 17.3 Å². The van der Waals surface area contributed by atoms with Gasteiger partial charge in [-0.25, -0.2) is 4.98 Å². The van der Waals surface area contributed by atoms with Crippen LogP contribution in [0.4, 0.5) is 11.5 Å². The molecule has 7 heteroatoms. The van der Waals surface area contributed by atoms with Crippen molar-refractivity contribution in [3.8, 4) is 0 Å². The van der Waals surface area contributed by atoms with Crippen molar-refractivity contribution in [3.63, 3.8) is 0 Å². The average Bonchev–Trinajstić information content (AvgIpc) is 2.98. The second-order valence-electron chi connectivity index (χ2n) is 5.35. The zero-order chi connectivity index (χ0) is 17.8. The Morgan fingerprint density at radius 3 is 2.72 bits per heavy atom. The number of hydrogen-bond donors (Lipinski definition) is 2. The molecule has 0 fully saturated rings. The summed E-state index contributed by atoms with van der Waals surface area (Å²) in [5.41, 5.74) is 8.62. The molecule has 0 spiro atoms. The molecule has 0 aliphatic carbocycles. The van der Waals surface area contributed by atoms with E-state index in [1.807, 2.05) is 37.3 Å². The number of aromatic nitrogens is 1. The molecule has 0 aliphatic heterocycles. The molecule has 0 bridgehead atoms. The number of benzene rings is 2. The number of nitrogens with zero attached hydrogens (tertiary/aromatic N) is 1. The highest BCUT2D eigenvalue weighted by Crippen LogP contribution is 2.32. The number of aryl methyl sites for hydroxylation is 1. The lowest BCUT2D eigenvalue weighted by molar-refractivity contribution is 0.103. The van der Waals surface area contributed by atoms with Gasteiger partial charge in [0.1, 0.15) is 10.7 Å². The number of carbonyl (C=O) groups is 1. The lowest BCUT2D eigenvalue weighted by atomic mass is 10.2. The van der Waals surface area contributed by atoms with Crippen LogP contribution in [0.25, 0.3) is 0 Å². The maximum Gasteiger partial charge on any atom is 0.269 e. The van der Waals surface area contributed by atoms with Crippen LogP contribution < -0.4 is 11.1 Å². The second-order valence-corrected chi connectivity index (χ2v) is 7.98. The van der Waals surface area contributed by atoms with Crippen LogP contribution in [0.3, 0.4) is 0 Å². The van der Waals surface area contributed by atoms with Crippen molar-refractivity contribution in [3.05, 3.63) is 69.6 Å². The molecule has 0 saturated heterocycles. The first-order chi connectivity index (χ1) is 12.0. The van der Waals surface area contributed by atoms with Crippen LogP contribution in [-0.4, -0.2) is 10.9 Å². The van der Waals surface area contributed by atoms with E-state index in [0.29, 0.717) is 15.6 Å².